The first kappa shape index (κ1) is 16.4. The largest absolute Gasteiger partial charge is 0.465 e. The van der Waals surface area contributed by atoms with E-state index in [1.807, 2.05) is 0 Å². The van der Waals surface area contributed by atoms with Crippen molar-refractivity contribution < 1.29 is 14.3 Å². The molecule has 0 amide bonds. The molecule has 8 heteroatoms. The maximum Gasteiger partial charge on any atom is 0.316 e. The van der Waals surface area contributed by atoms with Crippen LogP contribution in [0.4, 0.5) is 0 Å². The summed E-state index contributed by atoms with van der Waals surface area (Å²) in [5.74, 6) is 0.734. The molecule has 0 bridgehead atoms. The molecule has 0 fully saturated rings. The predicted octanol–water partition coefficient (Wildman–Crippen LogP) is 1.19. The Kier molecular flexibility index (Phi) is 6.13. The van der Waals surface area contributed by atoms with Gasteiger partial charge in [0.05, 0.1) is 36.1 Å². The normalized spacial score (nSPS) is 13.2. The van der Waals surface area contributed by atoms with Crippen LogP contribution in [0.15, 0.2) is 14.8 Å². The monoisotopic (exact) mass is 330 g/mol. The minimum Gasteiger partial charge on any atom is -0.465 e. The Bertz CT molecular complexity index is 574. The average molecular weight is 330 g/mol. The van der Waals surface area contributed by atoms with Crippen LogP contribution >= 0.6 is 23.5 Å². The van der Waals surface area contributed by atoms with Crippen LogP contribution in [0.2, 0.25) is 0 Å². The summed E-state index contributed by atoms with van der Waals surface area (Å²) < 4.78 is 11.5. The van der Waals surface area contributed by atoms with Gasteiger partial charge in [0.2, 0.25) is 0 Å². The molecule has 1 aromatic rings. The SMILES string of the molecule is CCOC(=O)CSc1nc2c(c(=O)n1CCOC)SCC2. The van der Waals surface area contributed by atoms with E-state index in [2.05, 4.69) is 4.98 Å². The molecule has 0 aliphatic carbocycles. The van der Waals surface area contributed by atoms with Gasteiger partial charge in [-0.25, -0.2) is 4.98 Å². The van der Waals surface area contributed by atoms with Gasteiger partial charge in [0.15, 0.2) is 5.16 Å². The summed E-state index contributed by atoms with van der Waals surface area (Å²) >= 11 is 2.78. The van der Waals surface area contributed by atoms with Crippen molar-refractivity contribution in [1.29, 1.82) is 0 Å². The van der Waals surface area contributed by atoms with Gasteiger partial charge in [-0.2, -0.15) is 0 Å². The molecule has 116 valence electrons. The van der Waals surface area contributed by atoms with Crippen LogP contribution in [-0.2, 0) is 27.2 Å². The van der Waals surface area contributed by atoms with E-state index >= 15 is 0 Å². The molecule has 0 saturated heterocycles. The minimum absolute atomic E-state index is 0.0362. The summed E-state index contributed by atoms with van der Waals surface area (Å²) in [5, 5.41) is 0.561. The number of methoxy groups -OCH3 is 1. The van der Waals surface area contributed by atoms with E-state index in [4.69, 9.17) is 9.47 Å². The fraction of sp³-hybridized carbons (Fsp3) is 0.615. The Labute approximate surface area is 131 Å². The van der Waals surface area contributed by atoms with Crippen molar-refractivity contribution in [3.05, 3.63) is 16.0 Å². The van der Waals surface area contributed by atoms with Crippen LogP contribution in [-0.4, -0.2) is 47.3 Å². The number of carbonyl (C=O) groups excluding carboxylic acids is 1. The van der Waals surface area contributed by atoms with Gasteiger partial charge in [-0.1, -0.05) is 11.8 Å². The first-order chi connectivity index (χ1) is 10.2. The molecule has 0 spiro atoms. The molecule has 0 radical (unpaired) electrons. The summed E-state index contributed by atoms with van der Waals surface area (Å²) in [4.78, 5) is 29.2. The number of aryl methyl sites for hydroxylation is 1. The smallest absolute Gasteiger partial charge is 0.316 e. The van der Waals surface area contributed by atoms with E-state index in [1.165, 1.54) is 11.8 Å². The van der Waals surface area contributed by atoms with E-state index < -0.39 is 0 Å². The van der Waals surface area contributed by atoms with Crippen molar-refractivity contribution >= 4 is 29.5 Å². The molecule has 0 aromatic carbocycles. The van der Waals surface area contributed by atoms with Crippen LogP contribution in [0.3, 0.4) is 0 Å². The highest BCUT2D eigenvalue weighted by molar-refractivity contribution is 8.00. The number of aromatic nitrogens is 2. The molecule has 6 nitrogen and oxygen atoms in total. The summed E-state index contributed by atoms with van der Waals surface area (Å²) in [6, 6.07) is 0. The van der Waals surface area contributed by atoms with E-state index in [0.717, 1.165) is 22.8 Å². The van der Waals surface area contributed by atoms with Crippen LogP contribution in [0.1, 0.15) is 12.6 Å². The first-order valence-corrected chi connectivity index (χ1v) is 8.68. The Morgan fingerprint density at radius 2 is 2.33 bits per heavy atom. The second-order valence-corrected chi connectivity index (χ2v) is 6.36. The topological polar surface area (TPSA) is 70.4 Å². The zero-order chi connectivity index (χ0) is 15.2. The molecule has 1 aliphatic heterocycles. The molecule has 0 atom stereocenters. The summed E-state index contributed by atoms with van der Waals surface area (Å²) in [6.07, 6.45) is 0.799. The summed E-state index contributed by atoms with van der Waals surface area (Å²) in [7, 11) is 1.59. The number of hydrogen-bond donors (Lipinski definition) is 0. The maximum atomic E-state index is 12.5. The number of ether oxygens (including phenoxy) is 2. The highest BCUT2D eigenvalue weighted by atomic mass is 32.2. The van der Waals surface area contributed by atoms with Crippen molar-refractivity contribution in [3.63, 3.8) is 0 Å². The van der Waals surface area contributed by atoms with Crippen molar-refractivity contribution in [2.24, 2.45) is 0 Å². The lowest BCUT2D eigenvalue weighted by Gasteiger charge is -2.12. The lowest BCUT2D eigenvalue weighted by Crippen LogP contribution is -2.27. The van der Waals surface area contributed by atoms with Gasteiger partial charge in [0, 0.05) is 19.3 Å². The molecule has 0 saturated carbocycles. The number of rotatable bonds is 7. The summed E-state index contributed by atoms with van der Waals surface area (Å²) in [6.45, 7) is 2.98. The van der Waals surface area contributed by atoms with Gasteiger partial charge >= 0.3 is 5.97 Å². The second-order valence-electron chi connectivity index (χ2n) is 4.31. The zero-order valence-corrected chi connectivity index (χ0v) is 13.7. The number of esters is 1. The van der Waals surface area contributed by atoms with E-state index in [1.54, 1.807) is 30.4 Å². The average Bonchev–Trinajstić information content (AvgIpc) is 2.93. The third kappa shape index (κ3) is 4.02. The molecule has 2 heterocycles. The lowest BCUT2D eigenvalue weighted by atomic mass is 10.3. The summed E-state index contributed by atoms with van der Waals surface area (Å²) in [5.41, 5.74) is 0.802. The fourth-order valence-electron chi connectivity index (χ4n) is 1.94. The maximum absolute atomic E-state index is 12.5. The minimum atomic E-state index is -0.301. The van der Waals surface area contributed by atoms with E-state index in [-0.39, 0.29) is 17.3 Å². The van der Waals surface area contributed by atoms with Crippen molar-refractivity contribution in [3.8, 4) is 0 Å². The standard InChI is InChI=1S/C13H18N2O4S2/c1-3-19-10(16)8-21-13-14-9-4-7-20-11(9)12(17)15(13)5-6-18-2/h3-8H2,1-2H3. The van der Waals surface area contributed by atoms with Gasteiger partial charge in [-0.05, 0) is 6.92 Å². The Morgan fingerprint density at radius 3 is 3.05 bits per heavy atom. The highest BCUT2D eigenvalue weighted by Crippen LogP contribution is 2.28. The van der Waals surface area contributed by atoms with Gasteiger partial charge < -0.3 is 9.47 Å². The van der Waals surface area contributed by atoms with Crippen molar-refractivity contribution in [2.75, 3.05) is 31.8 Å². The van der Waals surface area contributed by atoms with Crippen LogP contribution < -0.4 is 5.56 Å². The van der Waals surface area contributed by atoms with E-state index in [0.29, 0.717) is 24.9 Å². The number of nitrogens with zero attached hydrogens (tertiary/aromatic N) is 2. The molecular weight excluding hydrogens is 312 g/mol. The second kappa shape index (κ2) is 7.86. The molecular formula is C13H18N2O4S2. The highest BCUT2D eigenvalue weighted by Gasteiger charge is 2.22. The third-order valence-corrected chi connectivity index (χ3v) is 4.95. The lowest BCUT2D eigenvalue weighted by molar-refractivity contribution is -0.139. The first-order valence-electron chi connectivity index (χ1n) is 6.71. The number of carbonyl (C=O) groups is 1. The quantitative estimate of drug-likeness (QED) is 0.422. The molecule has 1 aliphatic rings. The van der Waals surface area contributed by atoms with E-state index in [9.17, 15) is 9.59 Å². The Morgan fingerprint density at radius 1 is 1.52 bits per heavy atom. The van der Waals surface area contributed by atoms with Gasteiger partial charge in [-0.3, -0.25) is 14.2 Å². The van der Waals surface area contributed by atoms with Gasteiger partial charge in [0.1, 0.15) is 0 Å². The van der Waals surface area contributed by atoms with Gasteiger partial charge in [0.25, 0.3) is 5.56 Å². The number of hydrogen-bond acceptors (Lipinski definition) is 7. The molecule has 0 unspecified atom stereocenters. The Balaban J connectivity index is 2.23. The fourth-order valence-corrected chi connectivity index (χ4v) is 3.82. The molecule has 1 aromatic heterocycles. The third-order valence-electron chi connectivity index (χ3n) is 2.89. The van der Waals surface area contributed by atoms with Crippen LogP contribution in [0.5, 0.6) is 0 Å². The van der Waals surface area contributed by atoms with Crippen LogP contribution in [0.25, 0.3) is 0 Å². The number of fused-ring (bicyclic) bond motifs is 1. The molecule has 2 rings (SSSR count). The Hall–Kier alpha value is -0.990. The van der Waals surface area contributed by atoms with Gasteiger partial charge in [-0.15, -0.1) is 11.8 Å². The number of thioether (sulfide) groups is 2. The van der Waals surface area contributed by atoms with Crippen molar-refractivity contribution in [2.45, 2.75) is 29.9 Å². The zero-order valence-electron chi connectivity index (χ0n) is 12.1. The predicted molar refractivity (Wildman–Crippen MR) is 82.2 cm³/mol. The molecule has 0 N–H and O–H groups in total. The molecule has 21 heavy (non-hydrogen) atoms. The van der Waals surface area contributed by atoms with Crippen molar-refractivity contribution in [1.82, 2.24) is 9.55 Å². The van der Waals surface area contributed by atoms with Crippen LogP contribution in [0, 0.1) is 0 Å².